The van der Waals surface area contributed by atoms with E-state index in [-0.39, 0.29) is 10.8 Å². The third-order valence-corrected chi connectivity index (χ3v) is 6.69. The maximum Gasteiger partial charge on any atom is 0.243 e. The van der Waals surface area contributed by atoms with Crippen molar-refractivity contribution in [3.8, 4) is 11.5 Å². The van der Waals surface area contributed by atoms with Gasteiger partial charge in [-0.3, -0.25) is 4.79 Å². The van der Waals surface area contributed by atoms with E-state index < -0.39 is 16.1 Å². The van der Waals surface area contributed by atoms with Crippen LogP contribution in [0.15, 0.2) is 47.4 Å². The lowest BCUT2D eigenvalue weighted by Gasteiger charge is -2.24. The Hall–Kier alpha value is -2.58. The van der Waals surface area contributed by atoms with Gasteiger partial charge in [-0.2, -0.15) is 4.31 Å². The summed E-state index contributed by atoms with van der Waals surface area (Å²) in [6, 6.07) is 11.1. The van der Waals surface area contributed by atoms with Gasteiger partial charge in [-0.15, -0.1) is 0 Å². The van der Waals surface area contributed by atoms with E-state index in [9.17, 15) is 13.2 Å². The maximum atomic E-state index is 13.2. The first-order chi connectivity index (χ1) is 13.4. The van der Waals surface area contributed by atoms with Gasteiger partial charge in [-0.05, 0) is 44.0 Å². The molecule has 1 atom stereocenters. The zero-order valence-corrected chi connectivity index (χ0v) is 17.0. The summed E-state index contributed by atoms with van der Waals surface area (Å²) in [7, 11) is -0.922. The van der Waals surface area contributed by atoms with Gasteiger partial charge >= 0.3 is 0 Å². The Morgan fingerprint density at radius 1 is 1.07 bits per heavy atom. The minimum absolute atomic E-state index is 0.0696. The summed E-state index contributed by atoms with van der Waals surface area (Å²) in [5.41, 5.74) is 1.72. The summed E-state index contributed by atoms with van der Waals surface area (Å²) in [6.07, 6.45) is 1.10. The molecule has 0 radical (unpaired) electrons. The summed E-state index contributed by atoms with van der Waals surface area (Å²) in [4.78, 5) is 12.8. The molecule has 0 saturated carbocycles. The molecule has 1 fully saturated rings. The summed E-state index contributed by atoms with van der Waals surface area (Å²) in [5.74, 6) is 0.436. The van der Waals surface area contributed by atoms with E-state index in [4.69, 9.17) is 9.47 Å². The normalized spacial score (nSPS) is 17.3. The molecule has 1 unspecified atom stereocenters. The number of rotatable bonds is 6. The van der Waals surface area contributed by atoms with E-state index in [1.807, 2.05) is 19.1 Å². The van der Waals surface area contributed by atoms with Gasteiger partial charge in [0, 0.05) is 18.3 Å². The molecule has 2 aromatic carbocycles. The number of nitrogens with zero attached hydrogens (tertiary/aromatic N) is 1. The number of hydrogen-bond acceptors (Lipinski definition) is 5. The van der Waals surface area contributed by atoms with E-state index in [1.54, 1.807) is 18.2 Å². The van der Waals surface area contributed by atoms with Crippen LogP contribution in [0.4, 0.5) is 5.69 Å². The predicted molar refractivity (Wildman–Crippen MR) is 106 cm³/mol. The first-order valence-corrected chi connectivity index (χ1v) is 10.4. The second kappa shape index (κ2) is 8.20. The molecule has 1 heterocycles. The van der Waals surface area contributed by atoms with Crippen LogP contribution < -0.4 is 14.8 Å². The molecule has 150 valence electrons. The largest absolute Gasteiger partial charge is 0.493 e. The number of sulfonamides is 1. The Balaban J connectivity index is 1.84. The molecular formula is C20H24N2O5S. The van der Waals surface area contributed by atoms with Gasteiger partial charge in [0.15, 0.2) is 11.5 Å². The topological polar surface area (TPSA) is 84.9 Å². The highest BCUT2D eigenvalue weighted by atomic mass is 32.2. The molecule has 7 nitrogen and oxygen atoms in total. The van der Waals surface area contributed by atoms with Gasteiger partial charge < -0.3 is 14.8 Å². The molecule has 0 bridgehead atoms. The van der Waals surface area contributed by atoms with Crippen molar-refractivity contribution in [1.82, 2.24) is 4.31 Å². The van der Waals surface area contributed by atoms with Crippen LogP contribution in [0.1, 0.15) is 18.4 Å². The number of ether oxygens (including phenoxy) is 2. The summed E-state index contributed by atoms with van der Waals surface area (Å²) in [6.45, 7) is 2.25. The molecule has 2 aromatic rings. The molecule has 1 aliphatic heterocycles. The Morgan fingerprint density at radius 2 is 1.75 bits per heavy atom. The van der Waals surface area contributed by atoms with Crippen molar-refractivity contribution in [3.05, 3.63) is 48.0 Å². The molecule has 1 saturated heterocycles. The smallest absolute Gasteiger partial charge is 0.243 e. The van der Waals surface area contributed by atoms with E-state index in [0.29, 0.717) is 36.6 Å². The fraction of sp³-hybridized carbons (Fsp3) is 0.350. The number of benzene rings is 2. The van der Waals surface area contributed by atoms with Crippen LogP contribution in [0, 0.1) is 6.92 Å². The number of hydrogen-bond donors (Lipinski definition) is 1. The number of anilines is 1. The molecule has 1 aliphatic rings. The predicted octanol–water partition coefficient (Wildman–Crippen LogP) is 2.80. The van der Waals surface area contributed by atoms with Crippen molar-refractivity contribution >= 4 is 21.6 Å². The maximum absolute atomic E-state index is 13.2. The minimum Gasteiger partial charge on any atom is -0.493 e. The van der Waals surface area contributed by atoms with Crippen LogP contribution in [-0.4, -0.2) is 45.4 Å². The summed E-state index contributed by atoms with van der Waals surface area (Å²) < 4.78 is 38.0. The number of methoxy groups -OCH3 is 2. The van der Waals surface area contributed by atoms with Crippen molar-refractivity contribution in [1.29, 1.82) is 0 Å². The number of aryl methyl sites for hydroxylation is 1. The van der Waals surface area contributed by atoms with Gasteiger partial charge in [0.25, 0.3) is 0 Å². The number of carbonyl (C=O) groups is 1. The van der Waals surface area contributed by atoms with Crippen LogP contribution in [-0.2, 0) is 14.8 Å². The zero-order chi connectivity index (χ0) is 20.3. The second-order valence-corrected chi connectivity index (χ2v) is 8.54. The average Bonchev–Trinajstić information content (AvgIpc) is 3.20. The summed E-state index contributed by atoms with van der Waals surface area (Å²) >= 11 is 0. The highest BCUT2D eigenvalue weighted by Crippen LogP contribution is 2.33. The standard InChI is InChI=1S/C20H24N2O5S/c1-14-6-8-15(9-7-14)21-20(23)17-5-4-12-22(17)28(24,25)16-10-11-18(26-2)19(13-16)27-3/h6-11,13,17H,4-5,12H2,1-3H3,(H,21,23). The van der Waals surface area contributed by atoms with Crippen molar-refractivity contribution in [2.45, 2.75) is 30.7 Å². The lowest BCUT2D eigenvalue weighted by molar-refractivity contribution is -0.119. The Bertz CT molecular complexity index is 957. The molecule has 28 heavy (non-hydrogen) atoms. The van der Waals surface area contributed by atoms with E-state index in [0.717, 1.165) is 5.56 Å². The lowest BCUT2D eigenvalue weighted by atomic mass is 10.2. The lowest BCUT2D eigenvalue weighted by Crippen LogP contribution is -2.43. The van der Waals surface area contributed by atoms with Gasteiger partial charge in [0.1, 0.15) is 6.04 Å². The highest BCUT2D eigenvalue weighted by Gasteiger charge is 2.39. The third kappa shape index (κ3) is 3.98. The molecule has 8 heteroatoms. The monoisotopic (exact) mass is 404 g/mol. The van der Waals surface area contributed by atoms with Crippen molar-refractivity contribution in [3.63, 3.8) is 0 Å². The zero-order valence-electron chi connectivity index (χ0n) is 16.1. The van der Waals surface area contributed by atoms with Gasteiger partial charge in [-0.1, -0.05) is 17.7 Å². The number of carbonyl (C=O) groups excluding carboxylic acids is 1. The van der Waals surface area contributed by atoms with Crippen molar-refractivity contribution in [2.24, 2.45) is 0 Å². The van der Waals surface area contributed by atoms with Crippen LogP contribution in [0.25, 0.3) is 0 Å². The van der Waals surface area contributed by atoms with Gasteiger partial charge in [-0.25, -0.2) is 8.42 Å². The molecule has 3 rings (SSSR count). The van der Waals surface area contributed by atoms with Gasteiger partial charge in [0.05, 0.1) is 19.1 Å². The molecule has 0 spiro atoms. The molecule has 0 aliphatic carbocycles. The highest BCUT2D eigenvalue weighted by molar-refractivity contribution is 7.89. The van der Waals surface area contributed by atoms with Crippen molar-refractivity contribution in [2.75, 3.05) is 26.1 Å². The molecular weight excluding hydrogens is 380 g/mol. The Morgan fingerprint density at radius 3 is 2.39 bits per heavy atom. The average molecular weight is 404 g/mol. The summed E-state index contributed by atoms with van der Waals surface area (Å²) in [5, 5.41) is 2.82. The first kappa shape index (κ1) is 20.2. The molecule has 1 amide bonds. The molecule has 0 aromatic heterocycles. The first-order valence-electron chi connectivity index (χ1n) is 8.98. The second-order valence-electron chi connectivity index (χ2n) is 6.65. The fourth-order valence-electron chi connectivity index (χ4n) is 3.26. The van der Waals surface area contributed by atoms with Crippen molar-refractivity contribution < 1.29 is 22.7 Å². The fourth-order valence-corrected chi connectivity index (χ4v) is 4.94. The van der Waals surface area contributed by atoms with E-state index >= 15 is 0 Å². The van der Waals surface area contributed by atoms with Crippen LogP contribution in [0.3, 0.4) is 0 Å². The van der Waals surface area contributed by atoms with Gasteiger partial charge in [0.2, 0.25) is 15.9 Å². The third-order valence-electron chi connectivity index (χ3n) is 4.79. The van der Waals surface area contributed by atoms with E-state index in [2.05, 4.69) is 5.32 Å². The number of nitrogens with one attached hydrogen (secondary N) is 1. The Labute approximate surface area is 165 Å². The molecule has 1 N–H and O–H groups in total. The minimum atomic E-state index is -3.85. The van der Waals surface area contributed by atoms with Crippen LogP contribution in [0.2, 0.25) is 0 Å². The SMILES string of the molecule is COc1ccc(S(=O)(=O)N2CCCC2C(=O)Nc2ccc(C)cc2)cc1OC. The Kier molecular flexibility index (Phi) is 5.90. The quantitative estimate of drug-likeness (QED) is 0.800. The van der Waals surface area contributed by atoms with Crippen LogP contribution >= 0.6 is 0 Å². The van der Waals surface area contributed by atoms with Crippen LogP contribution in [0.5, 0.6) is 11.5 Å². The van der Waals surface area contributed by atoms with E-state index in [1.165, 1.54) is 30.7 Å². The number of amides is 1.